The number of nitrogens with one attached hydrogen (secondary N) is 2. The van der Waals surface area contributed by atoms with Crippen molar-refractivity contribution in [3.8, 4) is 0 Å². The predicted molar refractivity (Wildman–Crippen MR) is 76.5 cm³/mol. The van der Waals surface area contributed by atoms with E-state index in [1.807, 2.05) is 18.4 Å². The number of carbonyl (C=O) groups excluding carboxylic acids is 1. The molecule has 0 unspecified atom stereocenters. The van der Waals surface area contributed by atoms with Crippen molar-refractivity contribution in [3.05, 3.63) is 26.6 Å². The zero-order chi connectivity index (χ0) is 12.7. The summed E-state index contributed by atoms with van der Waals surface area (Å²) in [4.78, 5) is 13.5. The van der Waals surface area contributed by atoms with E-state index in [1.165, 1.54) is 22.9 Å². The number of amides is 1. The Balaban J connectivity index is 1.90. The first kappa shape index (κ1) is 11.8. The third-order valence-corrected chi connectivity index (χ3v) is 4.78. The Hall–Kier alpha value is -1.25. The average Bonchev–Trinajstić information content (AvgIpc) is 2.99. The number of hydrogen-bond donors (Lipinski definition) is 2. The van der Waals surface area contributed by atoms with Crippen molar-refractivity contribution in [1.29, 1.82) is 0 Å². The van der Waals surface area contributed by atoms with Gasteiger partial charge in [-0.2, -0.15) is 9.47 Å². The number of aromatic nitrogens is 3. The SMILES string of the molecule is Cc1nscc1NC(=O)c1cc2c(Br)[nH]nc2s1. The maximum atomic E-state index is 12.1. The fourth-order valence-electron chi connectivity index (χ4n) is 1.49. The summed E-state index contributed by atoms with van der Waals surface area (Å²) in [6.07, 6.45) is 0. The highest BCUT2D eigenvalue weighted by Crippen LogP contribution is 2.29. The summed E-state index contributed by atoms with van der Waals surface area (Å²) < 4.78 is 4.91. The Bertz CT molecular complexity index is 729. The normalized spacial score (nSPS) is 11.0. The van der Waals surface area contributed by atoms with E-state index in [0.717, 1.165) is 26.2 Å². The third-order valence-electron chi connectivity index (χ3n) is 2.43. The van der Waals surface area contributed by atoms with Crippen LogP contribution in [0.5, 0.6) is 0 Å². The molecule has 0 fully saturated rings. The minimum atomic E-state index is -0.131. The largest absolute Gasteiger partial charge is 0.319 e. The van der Waals surface area contributed by atoms with Gasteiger partial charge in [-0.15, -0.1) is 11.3 Å². The number of fused-ring (bicyclic) bond motifs is 1. The monoisotopic (exact) mass is 342 g/mol. The second-order valence-corrected chi connectivity index (χ2v) is 6.09. The van der Waals surface area contributed by atoms with Crippen LogP contribution in [0.2, 0.25) is 0 Å². The molecule has 3 aromatic rings. The highest BCUT2D eigenvalue weighted by Gasteiger charge is 2.15. The number of aromatic amines is 1. The van der Waals surface area contributed by atoms with E-state index in [2.05, 4.69) is 35.8 Å². The van der Waals surface area contributed by atoms with E-state index < -0.39 is 0 Å². The van der Waals surface area contributed by atoms with Gasteiger partial charge in [0.1, 0.15) is 9.43 Å². The summed E-state index contributed by atoms with van der Waals surface area (Å²) in [5.74, 6) is -0.131. The van der Waals surface area contributed by atoms with Crippen LogP contribution in [0.25, 0.3) is 10.2 Å². The molecule has 3 heterocycles. The van der Waals surface area contributed by atoms with Gasteiger partial charge in [0.2, 0.25) is 0 Å². The zero-order valence-corrected chi connectivity index (χ0v) is 12.4. The molecule has 2 N–H and O–H groups in total. The van der Waals surface area contributed by atoms with Crippen LogP contribution in [0, 0.1) is 6.92 Å². The minimum Gasteiger partial charge on any atom is -0.319 e. The van der Waals surface area contributed by atoms with E-state index in [9.17, 15) is 4.79 Å². The van der Waals surface area contributed by atoms with Gasteiger partial charge in [-0.3, -0.25) is 9.89 Å². The van der Waals surface area contributed by atoms with E-state index >= 15 is 0 Å². The molecule has 0 radical (unpaired) electrons. The van der Waals surface area contributed by atoms with Gasteiger partial charge in [-0.1, -0.05) is 0 Å². The standard InChI is InChI=1S/C10H7BrN4OS2/c1-4-6(3-17-15-4)12-9(16)7-2-5-8(11)13-14-10(5)18-7/h2-3H,1H3,(H,12,16)(H,13,14). The van der Waals surface area contributed by atoms with Crippen LogP contribution in [0.15, 0.2) is 16.0 Å². The number of halogens is 1. The summed E-state index contributed by atoms with van der Waals surface area (Å²) in [5, 5.41) is 12.5. The second kappa shape index (κ2) is 4.45. The molecule has 0 aliphatic rings. The first-order valence-electron chi connectivity index (χ1n) is 5.01. The van der Waals surface area contributed by atoms with Crippen molar-refractivity contribution < 1.29 is 4.79 Å². The molecule has 0 bridgehead atoms. The van der Waals surface area contributed by atoms with Crippen molar-refractivity contribution in [1.82, 2.24) is 14.6 Å². The molecular formula is C10H7BrN4OS2. The van der Waals surface area contributed by atoms with Crippen molar-refractivity contribution in [2.24, 2.45) is 0 Å². The van der Waals surface area contributed by atoms with Crippen LogP contribution in [0.4, 0.5) is 5.69 Å². The van der Waals surface area contributed by atoms with Crippen LogP contribution >= 0.6 is 38.8 Å². The van der Waals surface area contributed by atoms with E-state index in [0.29, 0.717) is 4.88 Å². The van der Waals surface area contributed by atoms with E-state index in [1.54, 1.807) is 0 Å². The number of thiophene rings is 1. The van der Waals surface area contributed by atoms with Crippen LogP contribution in [-0.4, -0.2) is 20.5 Å². The molecule has 5 nitrogen and oxygen atoms in total. The third kappa shape index (κ3) is 1.96. The number of rotatable bonds is 2. The summed E-state index contributed by atoms with van der Waals surface area (Å²) in [5.41, 5.74) is 1.59. The summed E-state index contributed by atoms with van der Waals surface area (Å²) >= 11 is 6.03. The van der Waals surface area contributed by atoms with E-state index in [-0.39, 0.29) is 5.91 Å². The van der Waals surface area contributed by atoms with Crippen molar-refractivity contribution in [2.45, 2.75) is 6.92 Å². The molecule has 0 aromatic carbocycles. The lowest BCUT2D eigenvalue weighted by Crippen LogP contribution is -2.10. The molecule has 0 saturated carbocycles. The fourth-order valence-corrected chi connectivity index (χ4v) is 3.55. The Labute approximate surface area is 119 Å². The maximum absolute atomic E-state index is 12.1. The molecule has 3 rings (SSSR count). The van der Waals surface area contributed by atoms with Gasteiger partial charge in [0, 0.05) is 10.8 Å². The number of hydrogen-bond acceptors (Lipinski definition) is 5. The van der Waals surface area contributed by atoms with Gasteiger partial charge in [0.05, 0.1) is 16.3 Å². The van der Waals surface area contributed by atoms with Gasteiger partial charge in [-0.05, 0) is 40.5 Å². The van der Waals surface area contributed by atoms with Gasteiger partial charge in [-0.25, -0.2) is 0 Å². The van der Waals surface area contributed by atoms with Gasteiger partial charge >= 0.3 is 0 Å². The molecule has 0 aliphatic carbocycles. The molecule has 0 spiro atoms. The predicted octanol–water partition coefficient (Wildman–Crippen LogP) is 3.40. The van der Waals surface area contributed by atoms with Crippen molar-refractivity contribution >= 4 is 60.6 Å². The number of carbonyl (C=O) groups is 1. The Morgan fingerprint density at radius 2 is 2.39 bits per heavy atom. The lowest BCUT2D eigenvalue weighted by molar-refractivity contribution is 0.103. The first-order valence-corrected chi connectivity index (χ1v) is 7.45. The first-order chi connectivity index (χ1) is 8.65. The van der Waals surface area contributed by atoms with Gasteiger partial charge < -0.3 is 5.32 Å². The number of anilines is 1. The number of H-pyrrole nitrogens is 1. The summed E-state index contributed by atoms with van der Waals surface area (Å²) in [7, 11) is 0. The maximum Gasteiger partial charge on any atom is 0.265 e. The Kier molecular flexibility index (Phi) is 2.92. The number of nitrogens with zero attached hydrogens (tertiary/aromatic N) is 2. The quantitative estimate of drug-likeness (QED) is 0.749. The molecular weight excluding hydrogens is 336 g/mol. The fraction of sp³-hybridized carbons (Fsp3) is 0.100. The molecule has 8 heteroatoms. The van der Waals surface area contributed by atoms with Crippen LogP contribution in [0.1, 0.15) is 15.4 Å². The Morgan fingerprint density at radius 1 is 1.56 bits per heavy atom. The highest BCUT2D eigenvalue weighted by atomic mass is 79.9. The van der Waals surface area contributed by atoms with Gasteiger partial charge in [0.25, 0.3) is 5.91 Å². The summed E-state index contributed by atoms with van der Waals surface area (Å²) in [6, 6.07) is 1.82. The van der Waals surface area contributed by atoms with Crippen molar-refractivity contribution in [3.63, 3.8) is 0 Å². The topological polar surface area (TPSA) is 70.7 Å². The molecule has 3 aromatic heterocycles. The molecule has 0 saturated heterocycles. The van der Waals surface area contributed by atoms with Crippen LogP contribution in [0.3, 0.4) is 0 Å². The lowest BCUT2D eigenvalue weighted by Gasteiger charge is -2.00. The second-order valence-electron chi connectivity index (χ2n) is 3.63. The molecule has 92 valence electrons. The van der Waals surface area contributed by atoms with E-state index in [4.69, 9.17) is 0 Å². The van der Waals surface area contributed by atoms with Crippen molar-refractivity contribution in [2.75, 3.05) is 5.32 Å². The lowest BCUT2D eigenvalue weighted by atomic mass is 10.3. The summed E-state index contributed by atoms with van der Waals surface area (Å²) in [6.45, 7) is 1.87. The smallest absolute Gasteiger partial charge is 0.265 e. The Morgan fingerprint density at radius 3 is 3.06 bits per heavy atom. The molecule has 0 atom stereocenters. The van der Waals surface area contributed by atoms with Crippen LogP contribution in [-0.2, 0) is 0 Å². The molecule has 0 aliphatic heterocycles. The molecule has 18 heavy (non-hydrogen) atoms. The van der Waals surface area contributed by atoms with Gasteiger partial charge in [0.15, 0.2) is 0 Å². The highest BCUT2D eigenvalue weighted by molar-refractivity contribution is 9.10. The minimum absolute atomic E-state index is 0.131. The van der Waals surface area contributed by atoms with Crippen LogP contribution < -0.4 is 5.32 Å². The number of aryl methyl sites for hydroxylation is 1. The molecule has 1 amide bonds. The average molecular weight is 343 g/mol. The zero-order valence-electron chi connectivity index (χ0n) is 9.15.